The summed E-state index contributed by atoms with van der Waals surface area (Å²) >= 11 is 0. The van der Waals surface area contributed by atoms with E-state index in [4.69, 9.17) is 13.9 Å². The van der Waals surface area contributed by atoms with Crippen LogP contribution in [0.15, 0.2) is 34.7 Å². The van der Waals surface area contributed by atoms with Gasteiger partial charge in [0.05, 0.1) is 31.6 Å². The molecule has 1 fully saturated rings. The highest BCUT2D eigenvalue weighted by Gasteiger charge is 2.31. The topological polar surface area (TPSA) is 89.2 Å². The van der Waals surface area contributed by atoms with Gasteiger partial charge in [-0.1, -0.05) is 13.0 Å². The Bertz CT molecular complexity index is 1160. The molecule has 7 nitrogen and oxygen atoms in total. The van der Waals surface area contributed by atoms with Crippen molar-refractivity contribution in [2.24, 2.45) is 11.8 Å². The van der Waals surface area contributed by atoms with Crippen molar-refractivity contribution in [3.8, 4) is 0 Å². The van der Waals surface area contributed by atoms with Gasteiger partial charge in [-0.15, -0.1) is 0 Å². The van der Waals surface area contributed by atoms with E-state index in [2.05, 4.69) is 6.92 Å². The number of aliphatic hydroxyl groups excluding tert-OH is 1. The molecule has 3 aromatic rings. The SMILES string of the molecule is COCCN(C(=O)C1CCC(C)CC1)c1cc2c(cc1C(=O)OC)oc1ccc(CO)cc12. The molecule has 176 valence electrons. The molecule has 1 saturated carbocycles. The maximum atomic E-state index is 13.7. The molecule has 0 aliphatic heterocycles. The zero-order valence-corrected chi connectivity index (χ0v) is 19.4. The number of aliphatic hydroxyl groups is 1. The van der Waals surface area contributed by atoms with Gasteiger partial charge in [0.25, 0.3) is 0 Å². The molecule has 1 aromatic heterocycles. The lowest BCUT2D eigenvalue weighted by atomic mass is 9.82. The van der Waals surface area contributed by atoms with Crippen LogP contribution in [0.25, 0.3) is 21.9 Å². The van der Waals surface area contributed by atoms with Crippen molar-refractivity contribution >= 4 is 39.5 Å². The van der Waals surface area contributed by atoms with Crippen molar-refractivity contribution in [3.05, 3.63) is 41.5 Å². The average Bonchev–Trinajstić information content (AvgIpc) is 3.20. The number of fused-ring (bicyclic) bond motifs is 3. The van der Waals surface area contributed by atoms with E-state index in [1.807, 2.05) is 12.1 Å². The summed E-state index contributed by atoms with van der Waals surface area (Å²) in [6.45, 7) is 2.80. The summed E-state index contributed by atoms with van der Waals surface area (Å²) in [5.74, 6) is 0.0194. The Kier molecular flexibility index (Phi) is 7.00. The monoisotopic (exact) mass is 453 g/mol. The van der Waals surface area contributed by atoms with Gasteiger partial charge in [0.15, 0.2) is 0 Å². The fraction of sp³-hybridized carbons (Fsp3) is 0.462. The number of nitrogens with zero attached hydrogens (tertiary/aromatic N) is 1. The van der Waals surface area contributed by atoms with Crippen LogP contribution in [0.4, 0.5) is 5.69 Å². The van der Waals surface area contributed by atoms with Crippen molar-refractivity contribution < 1.29 is 28.6 Å². The number of ether oxygens (including phenoxy) is 2. The van der Waals surface area contributed by atoms with Crippen LogP contribution in [-0.2, 0) is 20.9 Å². The van der Waals surface area contributed by atoms with Crippen LogP contribution in [0.3, 0.4) is 0 Å². The maximum Gasteiger partial charge on any atom is 0.340 e. The van der Waals surface area contributed by atoms with Crippen LogP contribution < -0.4 is 4.90 Å². The molecule has 4 rings (SSSR count). The smallest absolute Gasteiger partial charge is 0.340 e. The largest absolute Gasteiger partial charge is 0.465 e. The number of amides is 1. The Morgan fingerprint density at radius 1 is 1.06 bits per heavy atom. The molecule has 0 atom stereocenters. The fourth-order valence-electron chi connectivity index (χ4n) is 4.71. The summed E-state index contributed by atoms with van der Waals surface area (Å²) in [7, 11) is 2.92. The molecule has 0 spiro atoms. The predicted octanol–water partition coefficient (Wildman–Crippen LogP) is 4.67. The first-order valence-electron chi connectivity index (χ1n) is 11.5. The van der Waals surface area contributed by atoms with Gasteiger partial charge < -0.3 is 23.9 Å². The minimum absolute atomic E-state index is 0.00676. The third kappa shape index (κ3) is 4.61. The molecule has 2 aromatic carbocycles. The van der Waals surface area contributed by atoms with Crippen LogP contribution in [0, 0.1) is 11.8 Å². The number of anilines is 1. The van der Waals surface area contributed by atoms with E-state index in [0.717, 1.165) is 42.0 Å². The zero-order valence-electron chi connectivity index (χ0n) is 19.4. The third-order valence-electron chi connectivity index (χ3n) is 6.68. The van der Waals surface area contributed by atoms with Gasteiger partial charge in [-0.05, 0) is 61.4 Å². The molecule has 0 radical (unpaired) electrons. The summed E-state index contributed by atoms with van der Waals surface area (Å²) in [5.41, 5.74) is 2.70. The highest BCUT2D eigenvalue weighted by atomic mass is 16.5. The minimum Gasteiger partial charge on any atom is -0.465 e. The van der Waals surface area contributed by atoms with Crippen molar-refractivity contribution in [1.29, 1.82) is 0 Å². The Labute approximate surface area is 193 Å². The molecule has 1 aliphatic rings. The normalized spacial score (nSPS) is 18.5. The van der Waals surface area contributed by atoms with E-state index in [0.29, 0.717) is 35.9 Å². The number of hydrogen-bond donors (Lipinski definition) is 1. The molecule has 1 amide bonds. The summed E-state index contributed by atoms with van der Waals surface area (Å²) in [6.07, 6.45) is 3.73. The van der Waals surface area contributed by atoms with Crippen molar-refractivity contribution in [3.63, 3.8) is 0 Å². The summed E-state index contributed by atoms with van der Waals surface area (Å²) in [4.78, 5) is 28.1. The number of esters is 1. The number of carbonyl (C=O) groups excluding carboxylic acids is 2. The highest BCUT2D eigenvalue weighted by Crippen LogP contribution is 2.37. The van der Waals surface area contributed by atoms with Gasteiger partial charge in [0.2, 0.25) is 5.91 Å². The number of carbonyl (C=O) groups is 2. The first-order chi connectivity index (χ1) is 16.0. The number of rotatable bonds is 7. The van der Waals surface area contributed by atoms with Crippen LogP contribution in [-0.4, -0.2) is 44.4 Å². The number of furan rings is 1. The maximum absolute atomic E-state index is 13.7. The van der Waals surface area contributed by atoms with E-state index in [9.17, 15) is 14.7 Å². The second-order valence-electron chi connectivity index (χ2n) is 8.89. The number of methoxy groups -OCH3 is 2. The number of hydrogen-bond acceptors (Lipinski definition) is 6. The van der Waals surface area contributed by atoms with Crippen molar-refractivity contribution in [1.82, 2.24) is 0 Å². The van der Waals surface area contributed by atoms with Crippen LogP contribution >= 0.6 is 0 Å². The lowest BCUT2D eigenvalue weighted by molar-refractivity contribution is -0.123. The Morgan fingerprint density at radius 3 is 2.45 bits per heavy atom. The lowest BCUT2D eigenvalue weighted by Gasteiger charge is -2.32. The van der Waals surface area contributed by atoms with E-state index in [1.54, 1.807) is 30.2 Å². The van der Waals surface area contributed by atoms with E-state index >= 15 is 0 Å². The van der Waals surface area contributed by atoms with Crippen LogP contribution in [0.5, 0.6) is 0 Å². The van der Waals surface area contributed by atoms with Crippen molar-refractivity contribution in [2.75, 3.05) is 32.3 Å². The van der Waals surface area contributed by atoms with E-state index < -0.39 is 5.97 Å². The second-order valence-corrected chi connectivity index (χ2v) is 8.89. The molecule has 0 unspecified atom stereocenters. The number of benzene rings is 2. The fourth-order valence-corrected chi connectivity index (χ4v) is 4.71. The summed E-state index contributed by atoms with van der Waals surface area (Å²) < 4.78 is 16.3. The van der Waals surface area contributed by atoms with Gasteiger partial charge in [-0.2, -0.15) is 0 Å². The second kappa shape index (κ2) is 9.93. The molecule has 1 aliphatic carbocycles. The van der Waals surface area contributed by atoms with Gasteiger partial charge in [0.1, 0.15) is 11.2 Å². The first-order valence-corrected chi connectivity index (χ1v) is 11.5. The van der Waals surface area contributed by atoms with Crippen molar-refractivity contribution in [2.45, 2.75) is 39.2 Å². The molecule has 0 saturated heterocycles. The standard InChI is InChI=1S/C26H31NO6/c1-16-4-7-18(8-5-16)25(29)27(10-11-31-2)22-13-20-19-12-17(15-28)6-9-23(19)33-24(20)14-21(22)26(30)32-3/h6,9,12-14,16,18,28H,4-5,7-8,10-11,15H2,1-3H3. The molecular formula is C26H31NO6. The molecule has 0 bridgehead atoms. The minimum atomic E-state index is -0.532. The lowest BCUT2D eigenvalue weighted by Crippen LogP contribution is -2.40. The molecule has 33 heavy (non-hydrogen) atoms. The highest BCUT2D eigenvalue weighted by molar-refractivity contribution is 6.12. The quantitative estimate of drug-likeness (QED) is 0.523. The molecule has 1 heterocycles. The first kappa shape index (κ1) is 23.3. The van der Waals surface area contributed by atoms with Gasteiger partial charge >= 0.3 is 5.97 Å². The summed E-state index contributed by atoms with van der Waals surface area (Å²) in [5, 5.41) is 11.2. The van der Waals surface area contributed by atoms with Crippen LogP contribution in [0.2, 0.25) is 0 Å². The van der Waals surface area contributed by atoms with Gasteiger partial charge in [-0.25, -0.2) is 4.79 Å². The van der Waals surface area contributed by atoms with E-state index in [1.165, 1.54) is 7.11 Å². The van der Waals surface area contributed by atoms with Gasteiger partial charge in [0, 0.05) is 30.3 Å². The van der Waals surface area contributed by atoms with Gasteiger partial charge in [-0.3, -0.25) is 4.79 Å². The Morgan fingerprint density at radius 2 is 1.79 bits per heavy atom. The molecule has 1 N–H and O–H groups in total. The molecule has 7 heteroatoms. The van der Waals surface area contributed by atoms with E-state index in [-0.39, 0.29) is 24.0 Å². The summed E-state index contributed by atoms with van der Waals surface area (Å²) in [6, 6.07) is 8.94. The Hall–Kier alpha value is -2.90. The predicted molar refractivity (Wildman–Crippen MR) is 126 cm³/mol. The zero-order chi connectivity index (χ0) is 23.5. The molecular weight excluding hydrogens is 422 g/mol. The van der Waals surface area contributed by atoms with Crippen LogP contribution in [0.1, 0.15) is 48.5 Å². The average molecular weight is 454 g/mol. The third-order valence-corrected chi connectivity index (χ3v) is 6.68. The Balaban J connectivity index is 1.86.